The fourth-order valence-electron chi connectivity index (χ4n) is 2.00. The molecule has 0 spiro atoms. The van der Waals surface area contributed by atoms with Gasteiger partial charge in [0.1, 0.15) is 6.04 Å². The molecule has 0 fully saturated rings. The number of rotatable bonds is 4. The number of ether oxygens (including phenoxy) is 1. The lowest BCUT2D eigenvalue weighted by atomic mass is 10.2. The number of halogens is 2. The standard InChI is InChI=1S/C14H17F2N3O2/c1-4-7(2)21-13(20)8(3)19-12-6-10(16)9(15)5-11(12)18-14(19)17/h5-8H,4H2,1-3H3,(H2,17,18). The Kier molecular flexibility index (Phi) is 4.11. The highest BCUT2D eigenvalue weighted by molar-refractivity contribution is 5.83. The first-order chi connectivity index (χ1) is 9.85. The Hall–Kier alpha value is -2.18. The number of fused-ring (bicyclic) bond motifs is 1. The second-order valence-corrected chi connectivity index (χ2v) is 4.93. The molecule has 5 nitrogen and oxygen atoms in total. The number of nitrogens with zero attached hydrogens (tertiary/aromatic N) is 2. The van der Waals surface area contributed by atoms with Gasteiger partial charge >= 0.3 is 5.97 Å². The van der Waals surface area contributed by atoms with Crippen molar-refractivity contribution in [2.24, 2.45) is 0 Å². The fourth-order valence-corrected chi connectivity index (χ4v) is 2.00. The minimum atomic E-state index is -1.02. The van der Waals surface area contributed by atoms with Crippen LogP contribution in [0.25, 0.3) is 11.0 Å². The molecule has 0 saturated heterocycles. The molecule has 0 saturated carbocycles. The summed E-state index contributed by atoms with van der Waals surface area (Å²) in [6.45, 7) is 5.24. The third-order valence-electron chi connectivity index (χ3n) is 3.38. The number of carbonyl (C=O) groups excluding carboxylic acids is 1. The number of nitrogens with two attached hydrogens (primary N) is 1. The van der Waals surface area contributed by atoms with Crippen LogP contribution in [0.5, 0.6) is 0 Å². The first kappa shape index (κ1) is 15.2. The van der Waals surface area contributed by atoms with Gasteiger partial charge in [0, 0.05) is 12.1 Å². The molecule has 0 radical (unpaired) electrons. The summed E-state index contributed by atoms with van der Waals surface area (Å²) in [5.74, 6) is -2.53. The van der Waals surface area contributed by atoms with Crippen LogP contribution in [0.4, 0.5) is 14.7 Å². The van der Waals surface area contributed by atoms with E-state index in [1.54, 1.807) is 13.8 Å². The van der Waals surface area contributed by atoms with Crippen LogP contribution in [-0.4, -0.2) is 21.6 Å². The Morgan fingerprint density at radius 2 is 2.00 bits per heavy atom. The lowest BCUT2D eigenvalue weighted by Crippen LogP contribution is -2.24. The molecular weight excluding hydrogens is 280 g/mol. The van der Waals surface area contributed by atoms with E-state index in [0.29, 0.717) is 6.42 Å². The quantitative estimate of drug-likeness (QED) is 0.881. The monoisotopic (exact) mass is 297 g/mol. The van der Waals surface area contributed by atoms with Crippen molar-refractivity contribution in [3.63, 3.8) is 0 Å². The maximum Gasteiger partial charge on any atom is 0.329 e. The zero-order chi connectivity index (χ0) is 15.7. The third kappa shape index (κ3) is 2.81. The zero-order valence-corrected chi connectivity index (χ0v) is 12.1. The van der Waals surface area contributed by atoms with Gasteiger partial charge in [0.05, 0.1) is 17.1 Å². The van der Waals surface area contributed by atoms with Crippen LogP contribution in [0, 0.1) is 11.6 Å². The molecule has 0 aliphatic carbocycles. The summed E-state index contributed by atoms with van der Waals surface area (Å²) in [6, 6.07) is 1.14. The average Bonchev–Trinajstić information content (AvgIpc) is 2.73. The number of esters is 1. The Bertz CT molecular complexity index is 684. The van der Waals surface area contributed by atoms with E-state index in [1.807, 2.05) is 6.92 Å². The highest BCUT2D eigenvalue weighted by Gasteiger charge is 2.24. The maximum atomic E-state index is 13.4. The van der Waals surface area contributed by atoms with Gasteiger partial charge in [-0.05, 0) is 20.3 Å². The Labute approximate surface area is 120 Å². The molecule has 2 aromatic rings. The maximum absolute atomic E-state index is 13.4. The highest BCUT2D eigenvalue weighted by atomic mass is 19.2. The number of benzene rings is 1. The minimum absolute atomic E-state index is 0.00333. The molecule has 21 heavy (non-hydrogen) atoms. The first-order valence-electron chi connectivity index (χ1n) is 6.68. The Morgan fingerprint density at radius 1 is 1.38 bits per heavy atom. The van der Waals surface area contributed by atoms with Crippen molar-refractivity contribution in [3.05, 3.63) is 23.8 Å². The van der Waals surface area contributed by atoms with Crippen LogP contribution >= 0.6 is 0 Å². The zero-order valence-electron chi connectivity index (χ0n) is 12.1. The van der Waals surface area contributed by atoms with Crippen molar-refractivity contribution in [1.29, 1.82) is 0 Å². The molecule has 2 rings (SSSR count). The van der Waals surface area contributed by atoms with Crippen LogP contribution in [0.15, 0.2) is 12.1 Å². The van der Waals surface area contributed by atoms with Crippen LogP contribution in [0.2, 0.25) is 0 Å². The summed E-state index contributed by atoms with van der Waals surface area (Å²) in [7, 11) is 0. The molecule has 2 N–H and O–H groups in total. The summed E-state index contributed by atoms with van der Waals surface area (Å²) >= 11 is 0. The van der Waals surface area contributed by atoms with E-state index in [4.69, 9.17) is 10.5 Å². The number of nitrogen functional groups attached to an aromatic ring is 1. The van der Waals surface area contributed by atoms with E-state index in [2.05, 4.69) is 4.98 Å². The molecule has 1 aromatic carbocycles. The molecule has 2 atom stereocenters. The number of aromatic nitrogens is 2. The van der Waals surface area contributed by atoms with Gasteiger partial charge in [0.2, 0.25) is 5.95 Å². The lowest BCUT2D eigenvalue weighted by molar-refractivity contribution is -0.151. The molecule has 0 aliphatic heterocycles. The number of carbonyl (C=O) groups is 1. The molecule has 1 aromatic heterocycles. The van der Waals surface area contributed by atoms with Crippen LogP contribution in [-0.2, 0) is 9.53 Å². The predicted octanol–water partition coefficient (Wildman–Crippen LogP) is 2.80. The van der Waals surface area contributed by atoms with E-state index in [0.717, 1.165) is 12.1 Å². The van der Waals surface area contributed by atoms with Crippen molar-refractivity contribution >= 4 is 23.0 Å². The van der Waals surface area contributed by atoms with E-state index in [9.17, 15) is 13.6 Å². The summed E-state index contributed by atoms with van der Waals surface area (Å²) in [4.78, 5) is 16.0. The SMILES string of the molecule is CCC(C)OC(=O)C(C)n1c(N)nc2cc(F)c(F)cc21. The topological polar surface area (TPSA) is 70.1 Å². The molecule has 2 unspecified atom stereocenters. The molecule has 0 bridgehead atoms. The van der Waals surface area contributed by atoms with E-state index in [1.165, 1.54) is 4.57 Å². The smallest absolute Gasteiger partial charge is 0.329 e. The summed E-state index contributed by atoms with van der Waals surface area (Å²) in [6.07, 6.45) is 0.448. The van der Waals surface area contributed by atoms with Gasteiger partial charge in [-0.15, -0.1) is 0 Å². The second-order valence-electron chi connectivity index (χ2n) is 4.93. The summed E-state index contributed by atoms with van der Waals surface area (Å²) in [5, 5.41) is 0. The second kappa shape index (κ2) is 5.67. The molecule has 114 valence electrons. The van der Waals surface area contributed by atoms with Gasteiger partial charge in [-0.25, -0.2) is 18.6 Å². The first-order valence-corrected chi connectivity index (χ1v) is 6.68. The van der Waals surface area contributed by atoms with E-state index >= 15 is 0 Å². The van der Waals surface area contributed by atoms with Crippen molar-refractivity contribution in [2.45, 2.75) is 39.3 Å². The van der Waals surface area contributed by atoms with Crippen molar-refractivity contribution in [1.82, 2.24) is 9.55 Å². The van der Waals surface area contributed by atoms with Gasteiger partial charge in [-0.2, -0.15) is 0 Å². The number of hydrogen-bond donors (Lipinski definition) is 1. The summed E-state index contributed by atoms with van der Waals surface area (Å²) < 4.78 is 33.2. The van der Waals surface area contributed by atoms with E-state index in [-0.39, 0.29) is 23.1 Å². The van der Waals surface area contributed by atoms with Gasteiger partial charge in [0.15, 0.2) is 11.6 Å². The van der Waals surface area contributed by atoms with Crippen molar-refractivity contribution < 1.29 is 18.3 Å². The Morgan fingerprint density at radius 3 is 2.62 bits per heavy atom. The molecular formula is C14H17F2N3O2. The van der Waals surface area contributed by atoms with Crippen LogP contribution in [0.1, 0.15) is 33.2 Å². The third-order valence-corrected chi connectivity index (χ3v) is 3.38. The van der Waals surface area contributed by atoms with Gasteiger partial charge in [-0.3, -0.25) is 4.57 Å². The highest BCUT2D eigenvalue weighted by Crippen LogP contribution is 2.26. The van der Waals surface area contributed by atoms with Gasteiger partial charge in [-0.1, -0.05) is 6.92 Å². The van der Waals surface area contributed by atoms with Crippen molar-refractivity contribution in [2.75, 3.05) is 5.73 Å². The molecule has 0 aliphatic rings. The molecule has 7 heteroatoms. The molecule has 1 heterocycles. The van der Waals surface area contributed by atoms with Gasteiger partial charge in [0.25, 0.3) is 0 Å². The van der Waals surface area contributed by atoms with Crippen LogP contribution < -0.4 is 5.73 Å². The largest absolute Gasteiger partial charge is 0.461 e. The van der Waals surface area contributed by atoms with E-state index < -0.39 is 23.6 Å². The lowest BCUT2D eigenvalue weighted by Gasteiger charge is -2.18. The number of hydrogen-bond acceptors (Lipinski definition) is 4. The predicted molar refractivity (Wildman–Crippen MR) is 74.6 cm³/mol. The summed E-state index contributed by atoms with van der Waals surface area (Å²) in [5.41, 5.74) is 6.19. The number of anilines is 1. The van der Waals surface area contributed by atoms with Crippen LogP contribution in [0.3, 0.4) is 0 Å². The number of imidazole rings is 1. The van der Waals surface area contributed by atoms with Crippen molar-refractivity contribution in [3.8, 4) is 0 Å². The average molecular weight is 297 g/mol. The Balaban J connectivity index is 2.43. The van der Waals surface area contributed by atoms with Gasteiger partial charge < -0.3 is 10.5 Å². The normalized spacial score (nSPS) is 14.1. The molecule has 0 amide bonds. The minimum Gasteiger partial charge on any atom is -0.461 e. The fraction of sp³-hybridized carbons (Fsp3) is 0.429.